The van der Waals surface area contributed by atoms with E-state index in [2.05, 4.69) is 5.32 Å². The molecule has 0 spiro atoms. The molecule has 3 aromatic carbocycles. The first-order valence-electron chi connectivity index (χ1n) is 13.8. The number of amides is 2. The third-order valence-electron chi connectivity index (χ3n) is 6.37. The zero-order valence-electron chi connectivity index (χ0n) is 25.2. The molecule has 3 aromatic rings. The van der Waals surface area contributed by atoms with E-state index in [1.807, 2.05) is 57.2 Å². The largest absolute Gasteiger partial charge is 0.497 e. The Balaban J connectivity index is 2.11. The molecule has 0 radical (unpaired) electrons. The Hall–Kier alpha value is -4.05. The second kappa shape index (κ2) is 14.2. The van der Waals surface area contributed by atoms with Gasteiger partial charge in [-0.25, -0.2) is 8.42 Å². The van der Waals surface area contributed by atoms with Crippen LogP contribution in [0.1, 0.15) is 38.8 Å². The van der Waals surface area contributed by atoms with Crippen molar-refractivity contribution in [3.05, 3.63) is 90.0 Å². The van der Waals surface area contributed by atoms with Gasteiger partial charge in [0.05, 0.1) is 25.7 Å². The Labute approximate surface area is 249 Å². The number of carbonyl (C=O) groups excluding carboxylic acids is 2. The summed E-state index contributed by atoms with van der Waals surface area (Å²) in [7, 11) is -2.37. The van der Waals surface area contributed by atoms with E-state index in [1.165, 1.54) is 4.90 Å². The molecule has 0 heterocycles. The number of carbonyl (C=O) groups is 2. The lowest BCUT2D eigenvalue weighted by molar-refractivity contribution is -0.140. The minimum Gasteiger partial charge on any atom is -0.497 e. The molecular formula is C32H41N3O6S. The summed E-state index contributed by atoms with van der Waals surface area (Å²) in [5.74, 6) is 0.0497. The van der Waals surface area contributed by atoms with Gasteiger partial charge in [0, 0.05) is 18.5 Å². The van der Waals surface area contributed by atoms with E-state index in [9.17, 15) is 18.0 Å². The maximum Gasteiger partial charge on any atom is 0.244 e. The van der Waals surface area contributed by atoms with Crippen LogP contribution >= 0.6 is 0 Å². The highest BCUT2D eigenvalue weighted by Crippen LogP contribution is 2.30. The highest BCUT2D eigenvalue weighted by Gasteiger charge is 2.35. The second-order valence-corrected chi connectivity index (χ2v) is 12.9. The molecular weight excluding hydrogens is 554 g/mol. The molecule has 10 heteroatoms. The number of nitrogens with one attached hydrogen (secondary N) is 1. The summed E-state index contributed by atoms with van der Waals surface area (Å²) >= 11 is 0. The van der Waals surface area contributed by atoms with Gasteiger partial charge in [-0.15, -0.1) is 0 Å². The molecule has 0 saturated heterocycles. The number of anilines is 1. The number of para-hydroxylation sites is 2. The van der Waals surface area contributed by atoms with Gasteiger partial charge >= 0.3 is 0 Å². The topological polar surface area (TPSA) is 105 Å². The number of ether oxygens (including phenoxy) is 2. The predicted molar refractivity (Wildman–Crippen MR) is 165 cm³/mol. The number of sulfonamides is 1. The number of hydrogen-bond acceptors (Lipinski definition) is 6. The van der Waals surface area contributed by atoms with Crippen molar-refractivity contribution in [2.24, 2.45) is 0 Å². The first-order chi connectivity index (χ1) is 19.8. The molecule has 1 N–H and O–H groups in total. The van der Waals surface area contributed by atoms with Crippen molar-refractivity contribution in [3.63, 3.8) is 0 Å². The smallest absolute Gasteiger partial charge is 0.244 e. The molecule has 9 nitrogen and oxygen atoms in total. The van der Waals surface area contributed by atoms with E-state index in [0.29, 0.717) is 18.1 Å². The third-order valence-corrected chi connectivity index (χ3v) is 7.50. The van der Waals surface area contributed by atoms with Crippen LogP contribution in [0.2, 0.25) is 0 Å². The SMILES string of the molecule is CCOc1ccccc1N(CC(=O)N(Cc1cccc(OC)c1)[C@H](Cc1ccccc1)C(=O)NC(C)(C)C)S(C)(=O)=O. The molecule has 0 fully saturated rings. The molecule has 0 aliphatic heterocycles. The highest BCUT2D eigenvalue weighted by atomic mass is 32.2. The van der Waals surface area contributed by atoms with Crippen molar-refractivity contribution in [1.29, 1.82) is 0 Å². The van der Waals surface area contributed by atoms with E-state index in [-0.39, 0.29) is 24.6 Å². The Morgan fingerprint density at radius 3 is 2.19 bits per heavy atom. The van der Waals surface area contributed by atoms with Crippen LogP contribution in [0.4, 0.5) is 5.69 Å². The molecule has 0 bridgehead atoms. The van der Waals surface area contributed by atoms with Crippen LogP contribution in [0.15, 0.2) is 78.9 Å². The van der Waals surface area contributed by atoms with Crippen molar-refractivity contribution >= 4 is 27.5 Å². The van der Waals surface area contributed by atoms with E-state index in [1.54, 1.807) is 56.5 Å². The minimum absolute atomic E-state index is 0.0514. The standard InChI is InChI=1S/C32H41N3O6S/c1-7-41-29-19-12-11-18-27(29)35(42(6,38)39)23-30(36)34(22-25-16-13-17-26(20-25)40-5)28(31(37)33-32(2,3)4)21-24-14-9-8-10-15-24/h8-20,28H,7,21-23H2,1-6H3,(H,33,37)/t28-/m1/s1. The molecule has 42 heavy (non-hydrogen) atoms. The van der Waals surface area contributed by atoms with Crippen LogP contribution in [-0.2, 0) is 32.6 Å². The van der Waals surface area contributed by atoms with Crippen molar-refractivity contribution in [1.82, 2.24) is 10.2 Å². The van der Waals surface area contributed by atoms with Gasteiger partial charge in [-0.05, 0) is 63.1 Å². The Kier molecular flexibility index (Phi) is 11.0. The molecule has 0 saturated carbocycles. The zero-order valence-corrected chi connectivity index (χ0v) is 26.0. The lowest BCUT2D eigenvalue weighted by Crippen LogP contribution is -2.56. The molecule has 0 aliphatic rings. The van der Waals surface area contributed by atoms with E-state index in [4.69, 9.17) is 9.47 Å². The third kappa shape index (κ3) is 9.24. The predicted octanol–water partition coefficient (Wildman–Crippen LogP) is 4.41. The van der Waals surface area contributed by atoms with Gasteiger partial charge in [-0.3, -0.25) is 13.9 Å². The van der Waals surface area contributed by atoms with E-state index >= 15 is 0 Å². The molecule has 0 unspecified atom stereocenters. The molecule has 0 aliphatic carbocycles. The molecule has 1 atom stereocenters. The molecule has 226 valence electrons. The van der Waals surface area contributed by atoms with Gasteiger partial charge in [0.2, 0.25) is 21.8 Å². The fourth-order valence-corrected chi connectivity index (χ4v) is 5.36. The lowest BCUT2D eigenvalue weighted by Gasteiger charge is -2.35. The summed E-state index contributed by atoms with van der Waals surface area (Å²) < 4.78 is 38.2. The van der Waals surface area contributed by atoms with Gasteiger partial charge < -0.3 is 19.7 Å². The van der Waals surface area contributed by atoms with Gasteiger partial charge in [-0.1, -0.05) is 54.6 Å². The Morgan fingerprint density at radius 1 is 0.929 bits per heavy atom. The molecule has 3 rings (SSSR count). The van der Waals surface area contributed by atoms with Crippen LogP contribution in [0.3, 0.4) is 0 Å². The van der Waals surface area contributed by atoms with Crippen molar-refractivity contribution in [2.75, 3.05) is 30.8 Å². The minimum atomic E-state index is -3.92. The highest BCUT2D eigenvalue weighted by molar-refractivity contribution is 7.92. The number of rotatable bonds is 13. The Bertz CT molecular complexity index is 1450. The summed E-state index contributed by atoms with van der Waals surface area (Å²) in [6.45, 7) is 7.25. The number of hydrogen-bond donors (Lipinski definition) is 1. The molecule has 2 amide bonds. The number of nitrogens with zero attached hydrogens (tertiary/aromatic N) is 2. The molecule has 0 aromatic heterocycles. The Morgan fingerprint density at radius 2 is 1.57 bits per heavy atom. The van der Waals surface area contributed by atoms with Gasteiger partial charge in [0.15, 0.2) is 0 Å². The van der Waals surface area contributed by atoms with Gasteiger partial charge in [-0.2, -0.15) is 0 Å². The van der Waals surface area contributed by atoms with Crippen LogP contribution < -0.4 is 19.1 Å². The van der Waals surface area contributed by atoms with E-state index < -0.39 is 34.1 Å². The summed E-state index contributed by atoms with van der Waals surface area (Å²) in [5, 5.41) is 3.01. The average molecular weight is 596 g/mol. The second-order valence-electron chi connectivity index (χ2n) is 11.0. The average Bonchev–Trinajstić information content (AvgIpc) is 2.93. The van der Waals surface area contributed by atoms with Gasteiger partial charge in [0.25, 0.3) is 0 Å². The number of benzene rings is 3. The van der Waals surface area contributed by atoms with E-state index in [0.717, 1.165) is 21.7 Å². The normalized spacial score (nSPS) is 12.2. The fourth-order valence-electron chi connectivity index (χ4n) is 4.51. The monoisotopic (exact) mass is 595 g/mol. The number of methoxy groups -OCH3 is 1. The van der Waals surface area contributed by atoms with Crippen LogP contribution in [0.25, 0.3) is 0 Å². The maximum atomic E-state index is 14.3. The summed E-state index contributed by atoms with van der Waals surface area (Å²) in [6.07, 6.45) is 1.27. The van der Waals surface area contributed by atoms with Crippen molar-refractivity contribution in [2.45, 2.75) is 52.2 Å². The first kappa shape index (κ1) is 32.5. The maximum absolute atomic E-state index is 14.3. The van der Waals surface area contributed by atoms with Crippen LogP contribution in [-0.4, -0.2) is 63.2 Å². The summed E-state index contributed by atoms with van der Waals surface area (Å²) in [5.41, 5.74) is 1.27. The van der Waals surface area contributed by atoms with Crippen LogP contribution in [0.5, 0.6) is 11.5 Å². The fraction of sp³-hybridized carbons (Fsp3) is 0.375. The quantitative estimate of drug-likeness (QED) is 0.314. The summed E-state index contributed by atoms with van der Waals surface area (Å²) in [6, 6.07) is 22.4. The summed E-state index contributed by atoms with van der Waals surface area (Å²) in [4.78, 5) is 29.6. The van der Waals surface area contributed by atoms with Crippen LogP contribution in [0, 0.1) is 0 Å². The van der Waals surface area contributed by atoms with Crippen molar-refractivity contribution < 1.29 is 27.5 Å². The van der Waals surface area contributed by atoms with Gasteiger partial charge in [0.1, 0.15) is 24.1 Å². The van der Waals surface area contributed by atoms with Crippen molar-refractivity contribution in [3.8, 4) is 11.5 Å². The zero-order chi connectivity index (χ0) is 30.9. The first-order valence-corrected chi connectivity index (χ1v) is 15.6. The lowest BCUT2D eigenvalue weighted by atomic mass is 10.0.